The van der Waals surface area contributed by atoms with Crippen molar-refractivity contribution in [2.75, 3.05) is 0 Å². The van der Waals surface area contributed by atoms with Gasteiger partial charge in [-0.2, -0.15) is 0 Å². The van der Waals surface area contributed by atoms with Crippen LogP contribution in [0.4, 0.5) is 0 Å². The van der Waals surface area contributed by atoms with Crippen molar-refractivity contribution >= 4 is 38.5 Å². The van der Waals surface area contributed by atoms with Gasteiger partial charge >= 0.3 is 0 Å². The zero-order valence-corrected chi connectivity index (χ0v) is 12.2. The molecule has 0 atom stereocenters. The van der Waals surface area contributed by atoms with Gasteiger partial charge in [-0.1, -0.05) is 24.3 Å². The molecule has 0 saturated carbocycles. The highest BCUT2D eigenvalue weighted by molar-refractivity contribution is 14.1. The van der Waals surface area contributed by atoms with Gasteiger partial charge in [0, 0.05) is 3.57 Å². The lowest BCUT2D eigenvalue weighted by atomic mass is 10.2. The van der Waals surface area contributed by atoms with Gasteiger partial charge < -0.3 is 4.74 Å². The van der Waals surface area contributed by atoms with Crippen LogP contribution in [-0.2, 0) is 6.61 Å². The van der Waals surface area contributed by atoms with Crippen molar-refractivity contribution in [1.29, 1.82) is 0 Å². The summed E-state index contributed by atoms with van der Waals surface area (Å²) in [6.07, 6.45) is 0. The summed E-state index contributed by atoms with van der Waals surface area (Å²) in [5, 5.41) is 0. The molecule has 0 aromatic heterocycles. The van der Waals surface area contributed by atoms with Crippen LogP contribution in [0.25, 0.3) is 0 Å². The fourth-order valence-electron chi connectivity index (χ4n) is 1.30. The number of halogens is 2. The number of para-hydroxylation sites is 1. The summed E-state index contributed by atoms with van der Waals surface area (Å²) in [5.41, 5.74) is 1.18. The number of benzene rings is 2. The molecule has 1 nitrogen and oxygen atoms in total. The maximum absolute atomic E-state index is 5.71. The zero-order valence-electron chi connectivity index (χ0n) is 8.49. The first kappa shape index (κ1) is 11.9. The van der Waals surface area contributed by atoms with Crippen molar-refractivity contribution in [2.45, 2.75) is 6.61 Å². The predicted molar refractivity (Wildman–Crippen MR) is 77.6 cm³/mol. The largest absolute Gasteiger partial charge is 0.488 e. The van der Waals surface area contributed by atoms with Gasteiger partial charge in [-0.3, -0.25) is 0 Å². The molecular weight excluding hydrogens is 379 g/mol. The molecule has 0 fully saturated rings. The molecule has 0 aliphatic heterocycles. The summed E-state index contributed by atoms with van der Waals surface area (Å²) in [4.78, 5) is 0. The van der Waals surface area contributed by atoms with Crippen LogP contribution in [0.5, 0.6) is 5.75 Å². The molecule has 82 valence electrons. The monoisotopic (exact) mass is 388 g/mol. The van der Waals surface area contributed by atoms with Gasteiger partial charge in [0.25, 0.3) is 0 Å². The molecule has 2 aromatic carbocycles. The second kappa shape index (κ2) is 5.68. The molecule has 0 amide bonds. The quantitative estimate of drug-likeness (QED) is 0.696. The third kappa shape index (κ3) is 3.22. The first-order chi connectivity index (χ1) is 7.75. The predicted octanol–water partition coefficient (Wildman–Crippen LogP) is 4.63. The van der Waals surface area contributed by atoms with E-state index in [2.05, 4.69) is 62.8 Å². The van der Waals surface area contributed by atoms with Crippen molar-refractivity contribution in [3.05, 3.63) is 62.1 Å². The highest BCUT2D eigenvalue weighted by Crippen LogP contribution is 2.24. The molecular formula is C13H10BrIO. The van der Waals surface area contributed by atoms with Crippen molar-refractivity contribution in [3.63, 3.8) is 0 Å². The second-order valence-corrected chi connectivity index (χ2v) is 5.45. The van der Waals surface area contributed by atoms with E-state index in [0.29, 0.717) is 6.61 Å². The van der Waals surface area contributed by atoms with Crippen molar-refractivity contribution in [1.82, 2.24) is 0 Å². The molecule has 0 unspecified atom stereocenters. The standard InChI is InChI=1S/C13H10BrIO/c14-12-3-1-2-4-13(12)16-9-10-5-7-11(15)8-6-10/h1-8H,9H2. The third-order valence-electron chi connectivity index (χ3n) is 2.14. The van der Waals surface area contributed by atoms with Crippen LogP contribution in [-0.4, -0.2) is 0 Å². The van der Waals surface area contributed by atoms with Crippen LogP contribution in [0.1, 0.15) is 5.56 Å². The van der Waals surface area contributed by atoms with E-state index in [9.17, 15) is 0 Å². The first-order valence-corrected chi connectivity index (χ1v) is 6.74. The highest BCUT2D eigenvalue weighted by atomic mass is 127. The normalized spacial score (nSPS) is 10.1. The fourth-order valence-corrected chi connectivity index (χ4v) is 2.06. The number of hydrogen-bond donors (Lipinski definition) is 0. The molecule has 0 aliphatic rings. The Kier molecular flexibility index (Phi) is 4.23. The summed E-state index contributed by atoms with van der Waals surface area (Å²) < 4.78 is 7.94. The molecule has 2 aromatic rings. The van der Waals surface area contributed by atoms with E-state index >= 15 is 0 Å². The number of ether oxygens (including phenoxy) is 1. The SMILES string of the molecule is Brc1ccccc1OCc1ccc(I)cc1. The van der Waals surface area contributed by atoms with E-state index in [1.54, 1.807) is 0 Å². The zero-order chi connectivity index (χ0) is 11.4. The minimum absolute atomic E-state index is 0.597. The molecule has 3 heteroatoms. The molecule has 2 rings (SSSR count). The average Bonchev–Trinajstić information content (AvgIpc) is 2.30. The topological polar surface area (TPSA) is 9.23 Å². The Morgan fingerprint density at radius 1 is 1.00 bits per heavy atom. The van der Waals surface area contributed by atoms with Crippen LogP contribution in [0.15, 0.2) is 53.0 Å². The second-order valence-electron chi connectivity index (χ2n) is 3.35. The van der Waals surface area contributed by atoms with Gasteiger partial charge in [-0.15, -0.1) is 0 Å². The lowest BCUT2D eigenvalue weighted by Gasteiger charge is -2.07. The summed E-state index contributed by atoms with van der Waals surface area (Å²) in [6.45, 7) is 0.597. The van der Waals surface area contributed by atoms with Crippen LogP contribution in [0.2, 0.25) is 0 Å². The fraction of sp³-hybridized carbons (Fsp3) is 0.0769. The Morgan fingerprint density at radius 2 is 1.69 bits per heavy atom. The van der Waals surface area contributed by atoms with Gasteiger partial charge in [0.2, 0.25) is 0 Å². The van der Waals surface area contributed by atoms with Gasteiger partial charge in [0.1, 0.15) is 12.4 Å². The van der Waals surface area contributed by atoms with Gasteiger partial charge in [0.15, 0.2) is 0 Å². The van der Waals surface area contributed by atoms with Crippen LogP contribution < -0.4 is 4.74 Å². The lowest BCUT2D eigenvalue weighted by molar-refractivity contribution is 0.304. The summed E-state index contributed by atoms with van der Waals surface area (Å²) in [7, 11) is 0. The van der Waals surface area contributed by atoms with E-state index in [0.717, 1.165) is 10.2 Å². The van der Waals surface area contributed by atoms with Crippen molar-refractivity contribution in [2.24, 2.45) is 0 Å². The number of hydrogen-bond acceptors (Lipinski definition) is 1. The minimum atomic E-state index is 0.597. The first-order valence-electron chi connectivity index (χ1n) is 4.87. The van der Waals surface area contributed by atoms with Crippen LogP contribution in [0.3, 0.4) is 0 Å². The maximum atomic E-state index is 5.71. The van der Waals surface area contributed by atoms with E-state index in [-0.39, 0.29) is 0 Å². The molecule has 0 saturated heterocycles. The van der Waals surface area contributed by atoms with E-state index < -0.39 is 0 Å². The van der Waals surface area contributed by atoms with Gasteiger partial charge in [-0.25, -0.2) is 0 Å². The van der Waals surface area contributed by atoms with Crippen molar-refractivity contribution in [3.8, 4) is 5.75 Å². The van der Waals surface area contributed by atoms with Crippen molar-refractivity contribution < 1.29 is 4.74 Å². The Bertz CT molecular complexity index is 468. The lowest BCUT2D eigenvalue weighted by Crippen LogP contribution is -1.95. The van der Waals surface area contributed by atoms with E-state index in [4.69, 9.17) is 4.74 Å². The Labute approximate surface area is 117 Å². The molecule has 0 aliphatic carbocycles. The summed E-state index contributed by atoms with van der Waals surface area (Å²) in [5.74, 6) is 0.876. The molecule has 16 heavy (non-hydrogen) atoms. The molecule has 0 spiro atoms. The Balaban J connectivity index is 2.02. The molecule has 0 N–H and O–H groups in total. The smallest absolute Gasteiger partial charge is 0.133 e. The van der Waals surface area contributed by atoms with Crippen LogP contribution >= 0.6 is 38.5 Å². The maximum Gasteiger partial charge on any atom is 0.133 e. The van der Waals surface area contributed by atoms with Crippen LogP contribution in [0, 0.1) is 3.57 Å². The van der Waals surface area contributed by atoms with Gasteiger partial charge in [-0.05, 0) is 68.3 Å². The molecule has 0 heterocycles. The minimum Gasteiger partial charge on any atom is -0.488 e. The third-order valence-corrected chi connectivity index (χ3v) is 3.52. The Morgan fingerprint density at radius 3 is 2.38 bits per heavy atom. The summed E-state index contributed by atoms with van der Waals surface area (Å²) in [6, 6.07) is 16.2. The number of rotatable bonds is 3. The summed E-state index contributed by atoms with van der Waals surface area (Å²) >= 11 is 5.75. The highest BCUT2D eigenvalue weighted by Gasteiger charge is 1.99. The van der Waals surface area contributed by atoms with E-state index in [1.807, 2.05) is 24.3 Å². The Hall–Kier alpha value is -0.550. The average molecular weight is 389 g/mol. The van der Waals surface area contributed by atoms with E-state index in [1.165, 1.54) is 9.13 Å². The molecule has 0 radical (unpaired) electrons. The molecule has 0 bridgehead atoms. The van der Waals surface area contributed by atoms with Gasteiger partial charge in [0.05, 0.1) is 4.47 Å².